The van der Waals surface area contributed by atoms with E-state index in [2.05, 4.69) is 15.6 Å². The van der Waals surface area contributed by atoms with Gasteiger partial charge in [0, 0.05) is 26.2 Å². The van der Waals surface area contributed by atoms with Gasteiger partial charge in [0.15, 0.2) is 0 Å². The first-order valence-electron chi connectivity index (χ1n) is 6.30. The van der Waals surface area contributed by atoms with Gasteiger partial charge in [-0.15, -0.1) is 0 Å². The molecule has 108 valence electrons. The third kappa shape index (κ3) is 2.20. The highest BCUT2D eigenvalue weighted by atomic mass is 19.4. The zero-order valence-electron chi connectivity index (χ0n) is 10.5. The fraction of sp³-hybridized carbons (Fsp3) is 0.500. The normalized spacial score (nSPS) is 22.6. The Morgan fingerprint density at radius 1 is 1.30 bits per heavy atom. The number of piperazine rings is 1. The molecule has 0 aromatic carbocycles. The number of fused-ring (bicyclic) bond motifs is 3. The molecule has 5 nitrogen and oxygen atoms in total. The van der Waals surface area contributed by atoms with E-state index in [-0.39, 0.29) is 23.3 Å². The lowest BCUT2D eigenvalue weighted by atomic mass is 10.1. The Balaban J connectivity index is 2.09. The molecule has 2 aliphatic heterocycles. The minimum Gasteiger partial charge on any atom is -0.350 e. The van der Waals surface area contributed by atoms with Crippen molar-refractivity contribution in [1.82, 2.24) is 15.6 Å². The SMILES string of the molecule is O=C1NCC2CNCCN2c2nc(C(F)(F)F)ccc21. The van der Waals surface area contributed by atoms with Gasteiger partial charge in [0.05, 0.1) is 11.6 Å². The lowest BCUT2D eigenvalue weighted by Gasteiger charge is -2.36. The van der Waals surface area contributed by atoms with Gasteiger partial charge in [-0.3, -0.25) is 4.79 Å². The van der Waals surface area contributed by atoms with Crippen LogP contribution in [0.2, 0.25) is 0 Å². The van der Waals surface area contributed by atoms with Crippen molar-refractivity contribution in [3.63, 3.8) is 0 Å². The number of halogens is 3. The first-order valence-corrected chi connectivity index (χ1v) is 6.30. The molecule has 1 atom stereocenters. The summed E-state index contributed by atoms with van der Waals surface area (Å²) in [6.45, 7) is 2.18. The largest absolute Gasteiger partial charge is 0.433 e. The Morgan fingerprint density at radius 2 is 2.10 bits per heavy atom. The van der Waals surface area contributed by atoms with Crippen LogP contribution in [0.4, 0.5) is 19.0 Å². The summed E-state index contributed by atoms with van der Waals surface area (Å²) in [6, 6.07) is 1.97. The first kappa shape index (κ1) is 13.2. The number of amides is 1. The van der Waals surface area contributed by atoms with Gasteiger partial charge in [-0.05, 0) is 12.1 Å². The molecule has 1 aromatic rings. The van der Waals surface area contributed by atoms with Crippen LogP contribution in [0.5, 0.6) is 0 Å². The topological polar surface area (TPSA) is 57.3 Å². The second kappa shape index (κ2) is 4.62. The van der Waals surface area contributed by atoms with E-state index < -0.39 is 11.9 Å². The van der Waals surface area contributed by atoms with Crippen LogP contribution in [0.25, 0.3) is 0 Å². The molecule has 0 bridgehead atoms. The minimum absolute atomic E-state index is 0.0788. The molecule has 1 saturated heterocycles. The lowest BCUT2D eigenvalue weighted by Crippen LogP contribution is -2.54. The molecule has 1 fully saturated rings. The maximum Gasteiger partial charge on any atom is 0.433 e. The first-order chi connectivity index (χ1) is 9.47. The molecule has 1 aromatic heterocycles. The van der Waals surface area contributed by atoms with Crippen molar-refractivity contribution in [3.8, 4) is 0 Å². The number of carbonyl (C=O) groups excluding carboxylic acids is 1. The standard InChI is InChI=1S/C12H13F3N4O/c13-12(14,15)9-2-1-8-10(18-9)19-4-3-16-5-7(19)6-17-11(8)20/h1-2,7,16H,3-6H2,(H,17,20). The number of nitrogens with one attached hydrogen (secondary N) is 2. The summed E-state index contributed by atoms with van der Waals surface area (Å²) in [6.07, 6.45) is -4.51. The molecule has 0 aliphatic carbocycles. The van der Waals surface area contributed by atoms with Crippen LogP contribution in [0.3, 0.4) is 0 Å². The molecule has 3 heterocycles. The van der Waals surface area contributed by atoms with Crippen LogP contribution < -0.4 is 15.5 Å². The van der Waals surface area contributed by atoms with Crippen LogP contribution in [0.1, 0.15) is 16.1 Å². The van der Waals surface area contributed by atoms with E-state index in [1.165, 1.54) is 6.07 Å². The maximum absolute atomic E-state index is 12.8. The molecule has 1 amide bonds. The number of nitrogens with zero attached hydrogens (tertiary/aromatic N) is 2. The van der Waals surface area contributed by atoms with Crippen molar-refractivity contribution in [1.29, 1.82) is 0 Å². The highest BCUT2D eigenvalue weighted by Gasteiger charge is 2.36. The fourth-order valence-corrected chi connectivity index (χ4v) is 2.53. The summed E-state index contributed by atoms with van der Waals surface area (Å²) in [5.74, 6) is -0.253. The van der Waals surface area contributed by atoms with Gasteiger partial charge in [0.25, 0.3) is 5.91 Å². The summed E-state index contributed by atoms with van der Waals surface area (Å²) >= 11 is 0. The number of hydrogen-bond acceptors (Lipinski definition) is 4. The summed E-state index contributed by atoms with van der Waals surface area (Å²) in [4.78, 5) is 17.4. The molecular formula is C12H13F3N4O. The zero-order chi connectivity index (χ0) is 14.3. The van der Waals surface area contributed by atoms with Crippen molar-refractivity contribution in [2.24, 2.45) is 0 Å². The van der Waals surface area contributed by atoms with Gasteiger partial charge in [0.2, 0.25) is 0 Å². The molecule has 0 saturated carbocycles. The number of carbonyl (C=O) groups is 1. The van der Waals surface area contributed by atoms with Gasteiger partial charge >= 0.3 is 6.18 Å². The van der Waals surface area contributed by atoms with Crippen molar-refractivity contribution in [3.05, 3.63) is 23.4 Å². The summed E-state index contributed by atoms with van der Waals surface area (Å²) in [5, 5.41) is 5.88. The Kier molecular flexibility index (Phi) is 3.04. The van der Waals surface area contributed by atoms with E-state index >= 15 is 0 Å². The Hall–Kier alpha value is -1.83. The van der Waals surface area contributed by atoms with E-state index in [9.17, 15) is 18.0 Å². The Bertz CT molecular complexity index is 546. The van der Waals surface area contributed by atoms with E-state index in [0.29, 0.717) is 26.2 Å². The number of hydrogen-bond donors (Lipinski definition) is 2. The van der Waals surface area contributed by atoms with E-state index in [4.69, 9.17) is 0 Å². The number of aromatic nitrogens is 1. The molecule has 2 aliphatic rings. The molecule has 0 radical (unpaired) electrons. The summed E-state index contributed by atoms with van der Waals surface area (Å²) in [7, 11) is 0. The summed E-state index contributed by atoms with van der Waals surface area (Å²) in [5.41, 5.74) is -0.773. The third-order valence-electron chi connectivity index (χ3n) is 3.53. The van der Waals surface area contributed by atoms with Crippen LogP contribution in [-0.2, 0) is 6.18 Å². The van der Waals surface area contributed by atoms with Crippen molar-refractivity contribution >= 4 is 11.7 Å². The number of anilines is 1. The second-order valence-corrected chi connectivity index (χ2v) is 4.83. The van der Waals surface area contributed by atoms with Gasteiger partial charge in [-0.2, -0.15) is 13.2 Å². The fourth-order valence-electron chi connectivity index (χ4n) is 2.53. The predicted octanol–water partition coefficient (Wildman–Crippen LogP) is 0.622. The number of alkyl halides is 3. The van der Waals surface area contributed by atoms with Gasteiger partial charge in [-0.25, -0.2) is 4.98 Å². The Morgan fingerprint density at radius 3 is 2.85 bits per heavy atom. The second-order valence-electron chi connectivity index (χ2n) is 4.83. The van der Waals surface area contributed by atoms with E-state index in [0.717, 1.165) is 6.07 Å². The highest BCUT2D eigenvalue weighted by molar-refractivity contribution is 5.99. The molecular weight excluding hydrogens is 273 g/mol. The average Bonchev–Trinajstić information content (AvgIpc) is 2.56. The van der Waals surface area contributed by atoms with Gasteiger partial charge in [-0.1, -0.05) is 0 Å². The molecule has 3 rings (SSSR count). The van der Waals surface area contributed by atoms with Gasteiger partial charge < -0.3 is 15.5 Å². The van der Waals surface area contributed by atoms with Crippen LogP contribution in [0.15, 0.2) is 12.1 Å². The smallest absolute Gasteiger partial charge is 0.350 e. The number of rotatable bonds is 0. The predicted molar refractivity (Wildman–Crippen MR) is 65.6 cm³/mol. The van der Waals surface area contributed by atoms with Crippen LogP contribution in [-0.4, -0.2) is 43.1 Å². The number of pyridine rings is 1. The molecule has 0 spiro atoms. The van der Waals surface area contributed by atoms with Crippen molar-refractivity contribution < 1.29 is 18.0 Å². The van der Waals surface area contributed by atoms with E-state index in [1.54, 1.807) is 4.90 Å². The zero-order valence-corrected chi connectivity index (χ0v) is 10.5. The molecule has 1 unspecified atom stereocenters. The average molecular weight is 286 g/mol. The van der Waals surface area contributed by atoms with Crippen molar-refractivity contribution in [2.45, 2.75) is 12.2 Å². The Labute approximate surface area is 113 Å². The van der Waals surface area contributed by atoms with E-state index in [1.807, 2.05) is 0 Å². The third-order valence-corrected chi connectivity index (χ3v) is 3.53. The summed E-state index contributed by atoms with van der Waals surface area (Å²) < 4.78 is 38.4. The van der Waals surface area contributed by atoms with Crippen molar-refractivity contribution in [2.75, 3.05) is 31.1 Å². The van der Waals surface area contributed by atoms with Crippen LogP contribution in [0, 0.1) is 0 Å². The minimum atomic E-state index is -4.51. The highest BCUT2D eigenvalue weighted by Crippen LogP contribution is 2.32. The maximum atomic E-state index is 12.8. The monoisotopic (exact) mass is 286 g/mol. The van der Waals surface area contributed by atoms with Crippen LogP contribution >= 0.6 is 0 Å². The molecule has 2 N–H and O–H groups in total. The molecule has 8 heteroatoms. The molecule has 20 heavy (non-hydrogen) atoms. The lowest BCUT2D eigenvalue weighted by molar-refractivity contribution is -0.141. The van der Waals surface area contributed by atoms with Gasteiger partial charge in [0.1, 0.15) is 11.5 Å². The quantitative estimate of drug-likeness (QED) is 0.734.